The monoisotopic (exact) mass is 324 g/mol. The summed E-state index contributed by atoms with van der Waals surface area (Å²) in [5.41, 5.74) is 2.27. The third-order valence-electron chi connectivity index (χ3n) is 4.12. The molecule has 1 amide bonds. The van der Waals surface area contributed by atoms with Gasteiger partial charge in [0.05, 0.1) is 10.9 Å². The first-order valence-electron chi connectivity index (χ1n) is 7.81. The van der Waals surface area contributed by atoms with Crippen molar-refractivity contribution in [3.63, 3.8) is 0 Å². The van der Waals surface area contributed by atoms with Crippen molar-refractivity contribution in [2.45, 2.75) is 26.8 Å². The molecule has 0 saturated carbocycles. The molecule has 0 bridgehead atoms. The van der Waals surface area contributed by atoms with E-state index in [9.17, 15) is 4.79 Å². The maximum atomic E-state index is 13.0. The number of benzene rings is 1. The van der Waals surface area contributed by atoms with Gasteiger partial charge in [-0.05, 0) is 49.9 Å². The van der Waals surface area contributed by atoms with E-state index in [4.69, 9.17) is 0 Å². The fourth-order valence-electron chi connectivity index (χ4n) is 2.81. The van der Waals surface area contributed by atoms with Crippen molar-refractivity contribution in [1.29, 1.82) is 0 Å². The van der Waals surface area contributed by atoms with E-state index in [1.54, 1.807) is 17.5 Å². The second kappa shape index (κ2) is 6.50. The molecule has 3 aromatic rings. The molecule has 118 valence electrons. The van der Waals surface area contributed by atoms with Crippen LogP contribution in [0.5, 0.6) is 0 Å². The summed E-state index contributed by atoms with van der Waals surface area (Å²) >= 11 is 1.56. The minimum Gasteiger partial charge on any atom is -0.331 e. The summed E-state index contributed by atoms with van der Waals surface area (Å²) in [5.74, 6) is 0.0858. The highest BCUT2D eigenvalue weighted by molar-refractivity contribution is 7.20. The van der Waals surface area contributed by atoms with Crippen LogP contribution < -0.4 is 0 Å². The first kappa shape index (κ1) is 15.7. The Morgan fingerprint density at radius 1 is 1.30 bits per heavy atom. The SMILES string of the molecule is CCN(C(=O)c1cc2cc(C)ccc2s1)C(C)c1cccnc1. The fraction of sp³-hybridized carbons (Fsp3) is 0.263. The van der Waals surface area contributed by atoms with Crippen molar-refractivity contribution in [3.8, 4) is 0 Å². The average Bonchev–Trinajstić information content (AvgIpc) is 2.99. The number of aromatic nitrogens is 1. The molecule has 0 aliphatic rings. The second-order valence-corrected chi connectivity index (χ2v) is 6.79. The summed E-state index contributed by atoms with van der Waals surface area (Å²) in [6.07, 6.45) is 3.58. The van der Waals surface area contributed by atoms with Crippen LogP contribution in [0.2, 0.25) is 0 Å². The first-order valence-corrected chi connectivity index (χ1v) is 8.63. The Labute approximate surface area is 140 Å². The number of rotatable bonds is 4. The number of hydrogen-bond acceptors (Lipinski definition) is 3. The normalized spacial score (nSPS) is 12.3. The minimum absolute atomic E-state index is 0.00754. The lowest BCUT2D eigenvalue weighted by atomic mass is 10.1. The van der Waals surface area contributed by atoms with Crippen LogP contribution in [0.15, 0.2) is 48.8 Å². The number of amides is 1. The van der Waals surface area contributed by atoms with E-state index in [0.29, 0.717) is 6.54 Å². The van der Waals surface area contributed by atoms with Crippen LogP contribution >= 0.6 is 11.3 Å². The summed E-state index contributed by atoms with van der Waals surface area (Å²) in [4.78, 5) is 19.8. The maximum absolute atomic E-state index is 13.0. The molecular formula is C19H20N2OS. The van der Waals surface area contributed by atoms with Crippen molar-refractivity contribution in [3.05, 3.63) is 64.8 Å². The van der Waals surface area contributed by atoms with Crippen molar-refractivity contribution in [2.75, 3.05) is 6.54 Å². The summed E-state index contributed by atoms with van der Waals surface area (Å²) < 4.78 is 1.16. The molecular weight excluding hydrogens is 304 g/mol. The van der Waals surface area contributed by atoms with Crippen LogP contribution in [0, 0.1) is 6.92 Å². The molecule has 1 aromatic carbocycles. The van der Waals surface area contributed by atoms with Gasteiger partial charge in [0.25, 0.3) is 5.91 Å². The van der Waals surface area contributed by atoms with E-state index < -0.39 is 0 Å². The van der Waals surface area contributed by atoms with Gasteiger partial charge in [0, 0.05) is 23.6 Å². The number of hydrogen-bond donors (Lipinski definition) is 0. The molecule has 3 rings (SSSR count). The van der Waals surface area contributed by atoms with Gasteiger partial charge < -0.3 is 4.90 Å². The molecule has 0 fully saturated rings. The highest BCUT2D eigenvalue weighted by Gasteiger charge is 2.23. The Morgan fingerprint density at radius 2 is 2.13 bits per heavy atom. The third kappa shape index (κ3) is 3.13. The van der Waals surface area contributed by atoms with Crippen LogP contribution in [0.25, 0.3) is 10.1 Å². The first-order chi connectivity index (χ1) is 11.1. The van der Waals surface area contributed by atoms with Crippen LogP contribution in [0.1, 0.15) is 40.7 Å². The van der Waals surface area contributed by atoms with E-state index in [-0.39, 0.29) is 11.9 Å². The predicted octanol–water partition coefficient (Wildman–Crippen LogP) is 4.83. The minimum atomic E-state index is 0.00754. The van der Waals surface area contributed by atoms with Crippen molar-refractivity contribution >= 4 is 27.3 Å². The Bertz CT molecular complexity index is 826. The molecule has 0 saturated heterocycles. The lowest BCUT2D eigenvalue weighted by Gasteiger charge is -2.27. The van der Waals surface area contributed by atoms with Crippen molar-refractivity contribution in [2.24, 2.45) is 0 Å². The molecule has 23 heavy (non-hydrogen) atoms. The van der Waals surface area contributed by atoms with Gasteiger partial charge in [0.1, 0.15) is 0 Å². The van der Waals surface area contributed by atoms with E-state index in [2.05, 4.69) is 37.0 Å². The van der Waals surface area contributed by atoms with E-state index in [1.807, 2.05) is 36.2 Å². The molecule has 0 aliphatic heterocycles. The maximum Gasteiger partial charge on any atom is 0.264 e. The number of nitrogens with zero attached hydrogens (tertiary/aromatic N) is 2. The molecule has 4 heteroatoms. The Hall–Kier alpha value is -2.20. The van der Waals surface area contributed by atoms with E-state index in [1.165, 1.54) is 5.56 Å². The molecule has 2 heterocycles. The van der Waals surface area contributed by atoms with Gasteiger partial charge in [-0.15, -0.1) is 11.3 Å². The molecule has 0 aliphatic carbocycles. The zero-order chi connectivity index (χ0) is 16.4. The zero-order valence-corrected chi connectivity index (χ0v) is 14.4. The zero-order valence-electron chi connectivity index (χ0n) is 13.6. The van der Waals surface area contributed by atoms with Crippen molar-refractivity contribution < 1.29 is 4.79 Å². The molecule has 3 nitrogen and oxygen atoms in total. The van der Waals surface area contributed by atoms with Crippen LogP contribution in [-0.2, 0) is 0 Å². The van der Waals surface area contributed by atoms with Gasteiger partial charge >= 0.3 is 0 Å². The topological polar surface area (TPSA) is 33.2 Å². The van der Waals surface area contributed by atoms with Crippen LogP contribution in [0.3, 0.4) is 0 Å². The molecule has 0 N–H and O–H groups in total. The lowest BCUT2D eigenvalue weighted by molar-refractivity contribution is 0.0707. The highest BCUT2D eigenvalue weighted by atomic mass is 32.1. The largest absolute Gasteiger partial charge is 0.331 e. The molecule has 2 aromatic heterocycles. The van der Waals surface area contributed by atoms with Crippen molar-refractivity contribution in [1.82, 2.24) is 9.88 Å². The van der Waals surface area contributed by atoms with Gasteiger partial charge in [-0.1, -0.05) is 23.8 Å². The van der Waals surface area contributed by atoms with Crippen LogP contribution in [-0.4, -0.2) is 22.3 Å². The fourth-order valence-corrected chi connectivity index (χ4v) is 3.81. The number of carbonyl (C=O) groups excluding carboxylic acids is 1. The molecule has 0 spiro atoms. The quantitative estimate of drug-likeness (QED) is 0.689. The Morgan fingerprint density at radius 3 is 2.83 bits per heavy atom. The average molecular weight is 324 g/mol. The highest BCUT2D eigenvalue weighted by Crippen LogP contribution is 2.29. The van der Waals surface area contributed by atoms with E-state index in [0.717, 1.165) is 20.5 Å². The third-order valence-corrected chi connectivity index (χ3v) is 5.22. The summed E-state index contributed by atoms with van der Waals surface area (Å²) in [6, 6.07) is 12.2. The van der Waals surface area contributed by atoms with Gasteiger partial charge in [0.15, 0.2) is 0 Å². The Kier molecular flexibility index (Phi) is 4.44. The number of fused-ring (bicyclic) bond motifs is 1. The van der Waals surface area contributed by atoms with Gasteiger partial charge in [-0.2, -0.15) is 0 Å². The van der Waals surface area contributed by atoms with Gasteiger partial charge in [-0.25, -0.2) is 0 Å². The van der Waals surface area contributed by atoms with E-state index >= 15 is 0 Å². The molecule has 1 unspecified atom stereocenters. The van der Waals surface area contributed by atoms with Gasteiger partial charge in [0.2, 0.25) is 0 Å². The number of carbonyl (C=O) groups is 1. The predicted molar refractivity (Wildman–Crippen MR) is 95.9 cm³/mol. The second-order valence-electron chi connectivity index (χ2n) is 5.71. The number of thiophene rings is 1. The molecule has 0 radical (unpaired) electrons. The molecule has 1 atom stereocenters. The Balaban J connectivity index is 1.92. The summed E-state index contributed by atoms with van der Waals surface area (Å²) in [5, 5.41) is 1.14. The lowest BCUT2D eigenvalue weighted by Crippen LogP contribution is -2.33. The van der Waals surface area contributed by atoms with Gasteiger partial charge in [-0.3, -0.25) is 9.78 Å². The standard InChI is InChI=1S/C19H20N2OS/c1-4-21(14(3)15-6-5-9-20-12-15)19(22)18-11-16-10-13(2)7-8-17(16)23-18/h5-12,14H,4H2,1-3H3. The smallest absolute Gasteiger partial charge is 0.264 e. The van der Waals surface area contributed by atoms with Crippen LogP contribution in [0.4, 0.5) is 0 Å². The summed E-state index contributed by atoms with van der Waals surface area (Å²) in [6.45, 7) is 6.81. The number of aryl methyl sites for hydroxylation is 1. The number of pyridine rings is 1. The summed E-state index contributed by atoms with van der Waals surface area (Å²) in [7, 11) is 0.